The zero-order valence-electron chi connectivity index (χ0n) is 12.3. The maximum Gasteiger partial charge on any atom is 0.142 e. The van der Waals surface area contributed by atoms with E-state index in [0.29, 0.717) is 0 Å². The summed E-state index contributed by atoms with van der Waals surface area (Å²) in [7, 11) is 0. The SMILES string of the molecule is CCNC(c1cc(C)c(Cl)cc1C)c1cccc(F)c1Cl. The molecule has 0 radical (unpaired) electrons. The third-order valence-corrected chi connectivity index (χ3v) is 4.36. The molecule has 1 nitrogen and oxygen atoms in total. The second kappa shape index (κ2) is 6.78. The maximum atomic E-state index is 13.8. The number of nitrogens with one attached hydrogen (secondary N) is 1. The molecule has 2 rings (SSSR count). The molecule has 0 saturated heterocycles. The van der Waals surface area contributed by atoms with E-state index < -0.39 is 5.82 Å². The van der Waals surface area contributed by atoms with Crippen LogP contribution in [0.4, 0.5) is 4.39 Å². The summed E-state index contributed by atoms with van der Waals surface area (Å²) in [4.78, 5) is 0. The first-order chi connectivity index (χ1) is 9.95. The van der Waals surface area contributed by atoms with Gasteiger partial charge in [-0.05, 0) is 54.8 Å². The molecule has 0 saturated carbocycles. The molecule has 1 unspecified atom stereocenters. The molecular weight excluding hydrogens is 308 g/mol. The van der Waals surface area contributed by atoms with E-state index in [1.165, 1.54) is 6.07 Å². The highest BCUT2D eigenvalue weighted by Crippen LogP contribution is 2.33. The molecule has 21 heavy (non-hydrogen) atoms. The Morgan fingerprint density at radius 2 is 1.81 bits per heavy atom. The van der Waals surface area contributed by atoms with Gasteiger partial charge < -0.3 is 5.32 Å². The van der Waals surface area contributed by atoms with Crippen molar-refractivity contribution in [3.63, 3.8) is 0 Å². The van der Waals surface area contributed by atoms with Crippen LogP contribution in [0.5, 0.6) is 0 Å². The lowest BCUT2D eigenvalue weighted by Crippen LogP contribution is -2.23. The van der Waals surface area contributed by atoms with E-state index in [0.717, 1.165) is 33.8 Å². The lowest BCUT2D eigenvalue weighted by molar-refractivity contribution is 0.602. The van der Waals surface area contributed by atoms with Gasteiger partial charge in [0.2, 0.25) is 0 Å². The van der Waals surface area contributed by atoms with Crippen LogP contribution < -0.4 is 5.32 Å². The second-order valence-corrected chi connectivity index (χ2v) is 5.88. The van der Waals surface area contributed by atoms with E-state index in [4.69, 9.17) is 23.2 Å². The monoisotopic (exact) mass is 325 g/mol. The molecule has 1 atom stereocenters. The van der Waals surface area contributed by atoms with Gasteiger partial charge in [0.15, 0.2) is 0 Å². The van der Waals surface area contributed by atoms with Crippen molar-refractivity contribution in [1.82, 2.24) is 5.32 Å². The Labute approximate surface area is 135 Å². The van der Waals surface area contributed by atoms with Gasteiger partial charge in [0.05, 0.1) is 11.1 Å². The van der Waals surface area contributed by atoms with Crippen molar-refractivity contribution >= 4 is 23.2 Å². The number of hydrogen-bond donors (Lipinski definition) is 1. The molecule has 2 aromatic carbocycles. The third kappa shape index (κ3) is 3.39. The molecule has 1 N–H and O–H groups in total. The third-order valence-electron chi connectivity index (χ3n) is 3.56. The Kier molecular flexibility index (Phi) is 5.26. The molecule has 112 valence electrons. The van der Waals surface area contributed by atoms with Crippen LogP contribution in [0, 0.1) is 19.7 Å². The van der Waals surface area contributed by atoms with Crippen LogP contribution in [-0.4, -0.2) is 6.54 Å². The number of halogens is 3. The first kappa shape index (κ1) is 16.3. The molecule has 0 aliphatic heterocycles. The van der Waals surface area contributed by atoms with E-state index in [1.54, 1.807) is 6.07 Å². The predicted octanol–water partition coefficient (Wildman–Crippen LogP) is 5.45. The van der Waals surface area contributed by atoms with Gasteiger partial charge in [0.25, 0.3) is 0 Å². The Morgan fingerprint density at radius 3 is 2.48 bits per heavy atom. The number of hydrogen-bond acceptors (Lipinski definition) is 1. The van der Waals surface area contributed by atoms with E-state index in [1.807, 2.05) is 39.0 Å². The Hall–Kier alpha value is -1.09. The van der Waals surface area contributed by atoms with Crippen LogP contribution in [0.3, 0.4) is 0 Å². The van der Waals surface area contributed by atoms with Crippen LogP contribution >= 0.6 is 23.2 Å². The van der Waals surface area contributed by atoms with Gasteiger partial charge in [-0.2, -0.15) is 0 Å². The van der Waals surface area contributed by atoms with Crippen molar-refractivity contribution in [2.45, 2.75) is 26.8 Å². The summed E-state index contributed by atoms with van der Waals surface area (Å²) in [6, 6.07) is 8.71. The van der Waals surface area contributed by atoms with Crippen LogP contribution in [-0.2, 0) is 0 Å². The summed E-state index contributed by atoms with van der Waals surface area (Å²) in [6.07, 6.45) is 0. The van der Waals surface area contributed by atoms with Gasteiger partial charge in [-0.25, -0.2) is 4.39 Å². The molecule has 0 aromatic heterocycles. The summed E-state index contributed by atoms with van der Waals surface area (Å²) < 4.78 is 13.8. The van der Waals surface area contributed by atoms with Crippen LogP contribution in [0.2, 0.25) is 10.0 Å². The number of aryl methyl sites for hydroxylation is 2. The molecule has 0 heterocycles. The molecule has 4 heteroatoms. The van der Waals surface area contributed by atoms with Gasteiger partial charge >= 0.3 is 0 Å². The number of rotatable bonds is 4. The summed E-state index contributed by atoms with van der Waals surface area (Å²) in [6.45, 7) is 6.72. The van der Waals surface area contributed by atoms with Crippen molar-refractivity contribution in [3.05, 3.63) is 68.4 Å². The molecule has 2 aromatic rings. The number of benzene rings is 2. The van der Waals surface area contributed by atoms with E-state index in [9.17, 15) is 4.39 Å². The fraction of sp³-hybridized carbons (Fsp3) is 0.294. The van der Waals surface area contributed by atoms with Gasteiger partial charge in [-0.1, -0.05) is 48.3 Å². The lowest BCUT2D eigenvalue weighted by atomic mass is 9.93. The maximum absolute atomic E-state index is 13.8. The van der Waals surface area contributed by atoms with Gasteiger partial charge in [0.1, 0.15) is 5.82 Å². The fourth-order valence-electron chi connectivity index (χ4n) is 2.45. The summed E-state index contributed by atoms with van der Waals surface area (Å²) in [5, 5.41) is 4.27. The molecule has 0 amide bonds. The zero-order valence-corrected chi connectivity index (χ0v) is 13.8. The molecular formula is C17H18Cl2FN. The Balaban J connectivity index is 2.59. The normalized spacial score (nSPS) is 12.5. The van der Waals surface area contributed by atoms with Crippen molar-refractivity contribution in [2.75, 3.05) is 6.54 Å². The average molecular weight is 326 g/mol. The summed E-state index contributed by atoms with van der Waals surface area (Å²) in [5.74, 6) is -0.402. The first-order valence-corrected chi connectivity index (χ1v) is 7.65. The van der Waals surface area contributed by atoms with Crippen LogP contribution in [0.25, 0.3) is 0 Å². The largest absolute Gasteiger partial charge is 0.306 e. The van der Waals surface area contributed by atoms with Crippen molar-refractivity contribution in [2.24, 2.45) is 0 Å². The molecule has 0 aliphatic carbocycles. The first-order valence-electron chi connectivity index (χ1n) is 6.89. The predicted molar refractivity (Wildman–Crippen MR) is 87.9 cm³/mol. The molecule has 0 fully saturated rings. The van der Waals surface area contributed by atoms with E-state index in [-0.39, 0.29) is 11.1 Å². The average Bonchev–Trinajstić information content (AvgIpc) is 2.44. The summed E-state index contributed by atoms with van der Waals surface area (Å²) >= 11 is 12.3. The highest BCUT2D eigenvalue weighted by atomic mass is 35.5. The molecule has 0 spiro atoms. The minimum absolute atomic E-state index is 0.158. The van der Waals surface area contributed by atoms with E-state index >= 15 is 0 Å². The second-order valence-electron chi connectivity index (χ2n) is 5.09. The summed E-state index contributed by atoms with van der Waals surface area (Å²) in [5.41, 5.74) is 3.85. The molecule has 0 aliphatic rings. The van der Waals surface area contributed by atoms with Crippen molar-refractivity contribution in [3.8, 4) is 0 Å². The Morgan fingerprint density at radius 1 is 1.10 bits per heavy atom. The van der Waals surface area contributed by atoms with Crippen molar-refractivity contribution < 1.29 is 4.39 Å². The Bertz CT molecular complexity index is 655. The van der Waals surface area contributed by atoms with Crippen LogP contribution in [0.15, 0.2) is 30.3 Å². The lowest BCUT2D eigenvalue weighted by Gasteiger charge is -2.23. The topological polar surface area (TPSA) is 12.0 Å². The standard InChI is InChI=1S/C17H18Cl2FN/c1-4-21-17(12-6-5-7-15(20)16(12)19)13-8-11(3)14(18)9-10(13)2/h5-9,17,21H,4H2,1-3H3. The fourth-order valence-corrected chi connectivity index (χ4v) is 2.90. The van der Waals surface area contributed by atoms with Gasteiger partial charge in [-0.15, -0.1) is 0 Å². The highest BCUT2D eigenvalue weighted by molar-refractivity contribution is 6.32. The smallest absolute Gasteiger partial charge is 0.142 e. The van der Waals surface area contributed by atoms with Crippen molar-refractivity contribution in [1.29, 1.82) is 0 Å². The minimum atomic E-state index is -0.402. The quantitative estimate of drug-likeness (QED) is 0.788. The van der Waals surface area contributed by atoms with Gasteiger partial charge in [-0.3, -0.25) is 0 Å². The van der Waals surface area contributed by atoms with E-state index in [2.05, 4.69) is 5.32 Å². The zero-order chi connectivity index (χ0) is 15.6. The minimum Gasteiger partial charge on any atom is -0.306 e. The highest BCUT2D eigenvalue weighted by Gasteiger charge is 2.20. The molecule has 0 bridgehead atoms. The van der Waals surface area contributed by atoms with Crippen LogP contribution in [0.1, 0.15) is 35.2 Å². The van der Waals surface area contributed by atoms with Gasteiger partial charge in [0, 0.05) is 5.02 Å².